The molecule has 0 rings (SSSR count). The standard InChI is InChI=1S/C11H9F13O3S/c1-2-5-28(25,26)27-4-3-6(12,13)7(14,15)8(16,17)9(18,19)10(20,21)11(22,23)24/h2H,1,3-5H2. The molecule has 0 aromatic carbocycles. The molecule has 0 spiro atoms. The summed E-state index contributed by atoms with van der Waals surface area (Å²) in [5, 5.41) is 0. The molecule has 17 heteroatoms. The van der Waals surface area contributed by atoms with Gasteiger partial charge in [-0.05, 0) is 0 Å². The van der Waals surface area contributed by atoms with Crippen LogP contribution in [-0.2, 0) is 14.3 Å². The molecular weight excluding hydrogens is 459 g/mol. The van der Waals surface area contributed by atoms with Gasteiger partial charge in [0.25, 0.3) is 10.1 Å². The lowest BCUT2D eigenvalue weighted by Crippen LogP contribution is -2.70. The van der Waals surface area contributed by atoms with Crippen LogP contribution >= 0.6 is 0 Å². The molecule has 0 fully saturated rings. The molecule has 0 aliphatic heterocycles. The van der Waals surface area contributed by atoms with Gasteiger partial charge in [0, 0.05) is 6.42 Å². The quantitative estimate of drug-likeness (QED) is 0.267. The Morgan fingerprint density at radius 1 is 0.714 bits per heavy atom. The molecule has 0 aromatic rings. The molecule has 28 heavy (non-hydrogen) atoms. The van der Waals surface area contributed by atoms with Crippen molar-refractivity contribution in [3.63, 3.8) is 0 Å². The minimum absolute atomic E-state index is 0.621. The average Bonchev–Trinajstić information content (AvgIpc) is 2.44. The summed E-state index contributed by atoms with van der Waals surface area (Å²) in [6, 6.07) is 0. The van der Waals surface area contributed by atoms with E-state index in [0.29, 0.717) is 6.08 Å². The van der Waals surface area contributed by atoms with Crippen molar-refractivity contribution in [1.29, 1.82) is 0 Å². The molecule has 3 nitrogen and oxygen atoms in total. The topological polar surface area (TPSA) is 43.4 Å². The van der Waals surface area contributed by atoms with Gasteiger partial charge in [-0.3, -0.25) is 4.18 Å². The highest BCUT2D eigenvalue weighted by atomic mass is 32.2. The minimum Gasteiger partial charge on any atom is -0.270 e. The first-order valence-corrected chi connectivity index (χ1v) is 8.03. The van der Waals surface area contributed by atoms with Crippen LogP contribution in [0.5, 0.6) is 0 Å². The third kappa shape index (κ3) is 4.49. The maximum absolute atomic E-state index is 13.3. The van der Waals surface area contributed by atoms with Gasteiger partial charge >= 0.3 is 35.8 Å². The zero-order chi connectivity index (χ0) is 23.0. The summed E-state index contributed by atoms with van der Waals surface area (Å²) >= 11 is 0. The van der Waals surface area contributed by atoms with Gasteiger partial charge in [0.1, 0.15) is 0 Å². The second kappa shape index (κ2) is 7.53. The smallest absolute Gasteiger partial charge is 0.270 e. The van der Waals surface area contributed by atoms with E-state index >= 15 is 0 Å². The van der Waals surface area contributed by atoms with E-state index in [2.05, 4.69) is 10.8 Å². The van der Waals surface area contributed by atoms with Crippen molar-refractivity contribution in [3.8, 4) is 0 Å². The van der Waals surface area contributed by atoms with Crippen LogP contribution in [0.3, 0.4) is 0 Å². The third-order valence-electron chi connectivity index (χ3n) is 3.00. The van der Waals surface area contributed by atoms with E-state index in [1.807, 2.05) is 0 Å². The van der Waals surface area contributed by atoms with Crippen LogP contribution in [0.4, 0.5) is 57.1 Å². The van der Waals surface area contributed by atoms with Crippen molar-refractivity contribution in [3.05, 3.63) is 12.7 Å². The fourth-order valence-electron chi connectivity index (χ4n) is 1.45. The summed E-state index contributed by atoms with van der Waals surface area (Å²) < 4.78 is 192. The first-order chi connectivity index (χ1) is 12.0. The van der Waals surface area contributed by atoms with Crippen molar-refractivity contribution in [2.45, 2.75) is 42.2 Å². The van der Waals surface area contributed by atoms with Crippen LogP contribution in [0.15, 0.2) is 12.7 Å². The predicted octanol–water partition coefficient (Wildman–Crippen LogP) is 4.65. The van der Waals surface area contributed by atoms with Gasteiger partial charge < -0.3 is 0 Å². The van der Waals surface area contributed by atoms with Crippen molar-refractivity contribution in [1.82, 2.24) is 0 Å². The Bertz CT molecular complexity index is 666. The van der Waals surface area contributed by atoms with Gasteiger partial charge in [-0.2, -0.15) is 65.5 Å². The molecular formula is C11H9F13O3S. The normalized spacial score (nSPS) is 15.6. The van der Waals surface area contributed by atoms with Crippen molar-refractivity contribution in [2.75, 3.05) is 12.4 Å². The van der Waals surface area contributed by atoms with E-state index in [1.54, 1.807) is 0 Å². The average molecular weight is 468 g/mol. The summed E-state index contributed by atoms with van der Waals surface area (Å²) in [5.41, 5.74) is 0. The van der Waals surface area contributed by atoms with Crippen LogP contribution in [-0.4, -0.2) is 56.6 Å². The largest absolute Gasteiger partial charge is 0.460 e. The summed E-state index contributed by atoms with van der Waals surface area (Å²) in [6.07, 6.45) is -9.62. The summed E-state index contributed by atoms with van der Waals surface area (Å²) in [5.74, 6) is -38.6. The lowest BCUT2D eigenvalue weighted by molar-refractivity contribution is -0.440. The predicted molar refractivity (Wildman–Crippen MR) is 65.3 cm³/mol. The highest BCUT2D eigenvalue weighted by Gasteiger charge is 2.90. The van der Waals surface area contributed by atoms with Crippen LogP contribution in [0.25, 0.3) is 0 Å². The Balaban J connectivity index is 5.83. The monoisotopic (exact) mass is 468 g/mol. The van der Waals surface area contributed by atoms with E-state index < -0.39 is 64.7 Å². The number of hydrogen-bond donors (Lipinski definition) is 0. The maximum atomic E-state index is 13.3. The molecule has 0 amide bonds. The van der Waals surface area contributed by atoms with Crippen molar-refractivity contribution in [2.24, 2.45) is 0 Å². The van der Waals surface area contributed by atoms with Gasteiger partial charge in [-0.1, -0.05) is 6.08 Å². The Labute approximate surface area is 148 Å². The molecule has 168 valence electrons. The Hall–Kier alpha value is -1.26. The summed E-state index contributed by atoms with van der Waals surface area (Å²) in [7, 11) is -4.71. The third-order valence-corrected chi connectivity index (χ3v) is 4.17. The Kier molecular flexibility index (Phi) is 7.19. The van der Waals surface area contributed by atoms with Crippen LogP contribution in [0.1, 0.15) is 6.42 Å². The number of hydrogen-bond acceptors (Lipinski definition) is 3. The van der Waals surface area contributed by atoms with Gasteiger partial charge in [0.05, 0.1) is 12.4 Å². The van der Waals surface area contributed by atoms with E-state index in [1.165, 1.54) is 0 Å². The maximum Gasteiger partial charge on any atom is 0.460 e. The molecule has 0 N–H and O–H groups in total. The summed E-state index contributed by atoms with van der Waals surface area (Å²) in [4.78, 5) is 0. The minimum atomic E-state index is -8.00. The SMILES string of the molecule is C=CCS(=O)(=O)OCCC(F)(F)C(F)(F)C(F)(F)C(F)(F)C(F)(F)C(F)(F)F. The second-order valence-corrected chi connectivity index (χ2v) is 6.77. The van der Waals surface area contributed by atoms with E-state index in [0.717, 1.165) is 0 Å². The van der Waals surface area contributed by atoms with Crippen molar-refractivity contribution >= 4 is 10.1 Å². The van der Waals surface area contributed by atoms with Gasteiger partial charge in [-0.15, -0.1) is 6.58 Å². The Morgan fingerprint density at radius 3 is 1.46 bits per heavy atom. The molecule has 0 bridgehead atoms. The molecule has 0 unspecified atom stereocenters. The van der Waals surface area contributed by atoms with Gasteiger partial charge in [0.15, 0.2) is 0 Å². The Morgan fingerprint density at radius 2 is 1.11 bits per heavy atom. The van der Waals surface area contributed by atoms with E-state index in [4.69, 9.17) is 0 Å². The van der Waals surface area contributed by atoms with Crippen molar-refractivity contribution < 1.29 is 69.7 Å². The van der Waals surface area contributed by atoms with E-state index in [-0.39, 0.29) is 0 Å². The highest BCUT2D eigenvalue weighted by Crippen LogP contribution is 2.60. The molecule has 0 atom stereocenters. The fraction of sp³-hybridized carbons (Fsp3) is 0.818. The number of rotatable bonds is 10. The van der Waals surface area contributed by atoms with E-state index in [9.17, 15) is 65.5 Å². The molecule has 0 heterocycles. The first-order valence-electron chi connectivity index (χ1n) is 6.45. The van der Waals surface area contributed by atoms with Crippen LogP contribution < -0.4 is 0 Å². The molecule has 0 radical (unpaired) electrons. The van der Waals surface area contributed by atoms with Gasteiger partial charge in [-0.25, -0.2) is 0 Å². The lowest BCUT2D eigenvalue weighted by Gasteiger charge is -2.39. The van der Waals surface area contributed by atoms with Gasteiger partial charge in [0.2, 0.25) is 0 Å². The molecule has 0 aliphatic rings. The zero-order valence-corrected chi connectivity index (χ0v) is 13.8. The molecule has 0 saturated carbocycles. The number of halogens is 13. The molecule has 0 aromatic heterocycles. The summed E-state index contributed by atoms with van der Waals surface area (Å²) in [6.45, 7) is 0.854. The molecule has 0 saturated heterocycles. The fourth-order valence-corrected chi connectivity index (χ4v) is 2.17. The highest BCUT2D eigenvalue weighted by molar-refractivity contribution is 7.86. The zero-order valence-electron chi connectivity index (χ0n) is 13.0. The van der Waals surface area contributed by atoms with Crippen LogP contribution in [0, 0.1) is 0 Å². The van der Waals surface area contributed by atoms with Crippen LogP contribution in [0.2, 0.25) is 0 Å². The second-order valence-electron chi connectivity index (χ2n) is 5.08. The first kappa shape index (κ1) is 26.7. The number of alkyl halides is 13. The lowest BCUT2D eigenvalue weighted by atomic mass is 9.93. The molecule has 0 aliphatic carbocycles.